The highest BCUT2D eigenvalue weighted by Gasteiger charge is 2.39. The second kappa shape index (κ2) is 5.47. The van der Waals surface area contributed by atoms with Crippen molar-refractivity contribution in [3.63, 3.8) is 0 Å². The van der Waals surface area contributed by atoms with E-state index < -0.39 is 6.10 Å². The molecule has 0 spiro atoms. The molecule has 0 aromatic rings. The minimum absolute atomic E-state index is 0.224. The number of ether oxygens (including phenoxy) is 1. The molecule has 1 heterocycles. The van der Waals surface area contributed by atoms with Gasteiger partial charge in [-0.3, -0.25) is 9.69 Å². The number of β-amino-alcohol motifs (C(OH)–C–C–N with tert-alkyl or cyclic N) is 1. The maximum atomic E-state index is 11.5. The molecule has 1 N–H and O–H groups in total. The molecule has 0 aliphatic carbocycles. The second-order valence-electron chi connectivity index (χ2n) is 4.10. The number of rotatable bonds is 4. The first-order chi connectivity index (χ1) is 7.13. The molecule has 4 nitrogen and oxygen atoms in total. The molecule has 4 heteroatoms. The average molecular weight is 215 g/mol. The summed E-state index contributed by atoms with van der Waals surface area (Å²) in [6.45, 7) is 4.80. The van der Waals surface area contributed by atoms with Gasteiger partial charge < -0.3 is 9.84 Å². The van der Waals surface area contributed by atoms with Gasteiger partial charge in [0.2, 0.25) is 0 Å². The lowest BCUT2D eigenvalue weighted by molar-refractivity contribution is -0.146. The number of carbonyl (C=O) groups excluding carboxylic acids is 1. The van der Waals surface area contributed by atoms with Crippen molar-refractivity contribution in [2.24, 2.45) is 0 Å². The molecule has 1 saturated heterocycles. The number of nitrogens with zero attached hydrogens (tertiary/aromatic N) is 1. The van der Waals surface area contributed by atoms with Crippen LogP contribution in [0.1, 0.15) is 33.1 Å². The van der Waals surface area contributed by atoms with E-state index in [0.717, 1.165) is 12.8 Å². The van der Waals surface area contributed by atoms with Crippen molar-refractivity contribution in [2.45, 2.75) is 51.3 Å². The predicted octanol–water partition coefficient (Wildman–Crippen LogP) is 0.783. The first-order valence-electron chi connectivity index (χ1n) is 5.65. The largest absolute Gasteiger partial charge is 0.468 e. The topological polar surface area (TPSA) is 49.8 Å². The van der Waals surface area contributed by atoms with Crippen molar-refractivity contribution in [3.05, 3.63) is 0 Å². The first-order valence-corrected chi connectivity index (χ1v) is 5.65. The number of aliphatic hydroxyl groups excluding tert-OH is 1. The number of esters is 1. The van der Waals surface area contributed by atoms with Crippen LogP contribution in [-0.2, 0) is 9.53 Å². The Morgan fingerprint density at radius 3 is 2.60 bits per heavy atom. The van der Waals surface area contributed by atoms with E-state index in [0.29, 0.717) is 19.0 Å². The van der Waals surface area contributed by atoms with Crippen LogP contribution >= 0.6 is 0 Å². The summed E-state index contributed by atoms with van der Waals surface area (Å²) in [5.74, 6) is -0.224. The second-order valence-corrected chi connectivity index (χ2v) is 4.10. The molecule has 0 radical (unpaired) electrons. The van der Waals surface area contributed by atoms with Gasteiger partial charge in [0.05, 0.1) is 13.2 Å². The van der Waals surface area contributed by atoms with Crippen molar-refractivity contribution in [1.29, 1.82) is 0 Å². The van der Waals surface area contributed by atoms with E-state index in [1.54, 1.807) is 0 Å². The van der Waals surface area contributed by atoms with E-state index in [1.807, 2.05) is 0 Å². The smallest absolute Gasteiger partial charge is 0.323 e. The monoisotopic (exact) mass is 215 g/mol. The Kier molecular flexibility index (Phi) is 4.54. The Bertz CT molecular complexity index is 216. The summed E-state index contributed by atoms with van der Waals surface area (Å²) in [4.78, 5) is 13.6. The van der Waals surface area contributed by atoms with E-state index in [2.05, 4.69) is 18.7 Å². The summed E-state index contributed by atoms with van der Waals surface area (Å²) in [5.41, 5.74) is 0. The molecule has 0 saturated carbocycles. The Hall–Kier alpha value is -0.610. The van der Waals surface area contributed by atoms with Crippen LogP contribution in [0.2, 0.25) is 0 Å². The molecule has 0 aromatic carbocycles. The standard InChI is InChI=1S/C11H21NO3/c1-4-8(5-2)12-7-9(13)6-10(12)11(14)15-3/h8-10,13H,4-7H2,1-3H3. The van der Waals surface area contributed by atoms with E-state index in [-0.39, 0.29) is 12.0 Å². The first kappa shape index (κ1) is 12.5. The molecule has 0 amide bonds. The lowest BCUT2D eigenvalue weighted by atomic mass is 10.1. The molecule has 1 rings (SSSR count). The van der Waals surface area contributed by atoms with Crippen molar-refractivity contribution < 1.29 is 14.6 Å². The maximum Gasteiger partial charge on any atom is 0.323 e. The third kappa shape index (κ3) is 2.69. The van der Waals surface area contributed by atoms with Crippen LogP contribution in [-0.4, -0.2) is 47.8 Å². The van der Waals surface area contributed by atoms with Crippen molar-refractivity contribution >= 4 is 5.97 Å². The summed E-state index contributed by atoms with van der Waals surface area (Å²) in [6, 6.07) is 0.112. The Morgan fingerprint density at radius 1 is 1.53 bits per heavy atom. The van der Waals surface area contributed by atoms with Crippen LogP contribution in [0.15, 0.2) is 0 Å². The van der Waals surface area contributed by atoms with Gasteiger partial charge in [-0.2, -0.15) is 0 Å². The maximum absolute atomic E-state index is 11.5. The quantitative estimate of drug-likeness (QED) is 0.704. The fourth-order valence-corrected chi connectivity index (χ4v) is 2.37. The Labute approximate surface area is 91.2 Å². The molecule has 15 heavy (non-hydrogen) atoms. The van der Waals surface area contributed by atoms with Gasteiger partial charge in [0.1, 0.15) is 6.04 Å². The van der Waals surface area contributed by atoms with E-state index in [9.17, 15) is 9.90 Å². The molecule has 1 fully saturated rings. The van der Waals surface area contributed by atoms with E-state index in [4.69, 9.17) is 4.74 Å². The van der Waals surface area contributed by atoms with Gasteiger partial charge in [-0.05, 0) is 12.8 Å². The summed E-state index contributed by atoms with van der Waals surface area (Å²) in [6.07, 6.45) is 2.10. The lowest BCUT2D eigenvalue weighted by Crippen LogP contribution is -2.43. The van der Waals surface area contributed by atoms with Crippen LogP contribution in [0, 0.1) is 0 Å². The van der Waals surface area contributed by atoms with E-state index >= 15 is 0 Å². The SMILES string of the molecule is CCC(CC)N1CC(O)CC1C(=O)OC. The zero-order valence-corrected chi connectivity index (χ0v) is 9.77. The summed E-state index contributed by atoms with van der Waals surface area (Å²) in [7, 11) is 1.40. The van der Waals surface area contributed by atoms with Gasteiger partial charge in [0.25, 0.3) is 0 Å². The van der Waals surface area contributed by atoms with Crippen molar-refractivity contribution in [1.82, 2.24) is 4.90 Å². The van der Waals surface area contributed by atoms with E-state index in [1.165, 1.54) is 7.11 Å². The van der Waals surface area contributed by atoms with Crippen molar-refractivity contribution in [2.75, 3.05) is 13.7 Å². The fraction of sp³-hybridized carbons (Fsp3) is 0.909. The number of aliphatic hydroxyl groups is 1. The van der Waals surface area contributed by atoms with Gasteiger partial charge in [-0.25, -0.2) is 0 Å². The predicted molar refractivity (Wildman–Crippen MR) is 57.5 cm³/mol. The number of likely N-dealkylation sites (tertiary alicyclic amines) is 1. The molecule has 1 aliphatic heterocycles. The molecule has 2 unspecified atom stereocenters. The molecule has 0 aromatic heterocycles. The lowest BCUT2D eigenvalue weighted by Gasteiger charge is -2.29. The van der Waals surface area contributed by atoms with Crippen molar-refractivity contribution in [3.8, 4) is 0 Å². The molecular weight excluding hydrogens is 194 g/mol. The van der Waals surface area contributed by atoms with Crippen LogP contribution in [0.25, 0.3) is 0 Å². The Balaban J connectivity index is 2.71. The van der Waals surface area contributed by atoms with Crippen LogP contribution in [0.5, 0.6) is 0 Å². The highest BCUT2D eigenvalue weighted by Crippen LogP contribution is 2.24. The number of hydrogen-bond donors (Lipinski definition) is 1. The fourth-order valence-electron chi connectivity index (χ4n) is 2.37. The summed E-state index contributed by atoms with van der Waals surface area (Å²) >= 11 is 0. The highest BCUT2D eigenvalue weighted by atomic mass is 16.5. The van der Waals surface area contributed by atoms with Gasteiger partial charge in [0, 0.05) is 19.0 Å². The third-order valence-corrected chi connectivity index (χ3v) is 3.20. The van der Waals surface area contributed by atoms with Crippen LogP contribution in [0.3, 0.4) is 0 Å². The summed E-state index contributed by atoms with van der Waals surface area (Å²) < 4.78 is 4.76. The third-order valence-electron chi connectivity index (χ3n) is 3.20. The van der Waals surface area contributed by atoms with Crippen LogP contribution < -0.4 is 0 Å². The minimum atomic E-state index is -0.394. The molecule has 1 aliphatic rings. The zero-order valence-electron chi connectivity index (χ0n) is 9.77. The van der Waals surface area contributed by atoms with Gasteiger partial charge in [-0.15, -0.1) is 0 Å². The van der Waals surface area contributed by atoms with Gasteiger partial charge >= 0.3 is 5.97 Å². The zero-order chi connectivity index (χ0) is 11.4. The number of hydrogen-bond acceptors (Lipinski definition) is 4. The molecule has 0 bridgehead atoms. The molecule has 2 atom stereocenters. The van der Waals surface area contributed by atoms with Gasteiger partial charge in [0.15, 0.2) is 0 Å². The normalized spacial score (nSPS) is 27.3. The van der Waals surface area contributed by atoms with Gasteiger partial charge in [-0.1, -0.05) is 13.8 Å². The summed E-state index contributed by atoms with van der Waals surface area (Å²) in [5, 5.41) is 9.60. The Morgan fingerprint density at radius 2 is 2.13 bits per heavy atom. The average Bonchev–Trinajstić information content (AvgIpc) is 2.61. The number of carbonyl (C=O) groups is 1. The van der Waals surface area contributed by atoms with Crippen LogP contribution in [0.4, 0.5) is 0 Å². The molecular formula is C11H21NO3. The minimum Gasteiger partial charge on any atom is -0.468 e. The highest BCUT2D eigenvalue weighted by molar-refractivity contribution is 5.76. The number of methoxy groups -OCH3 is 1. The molecule has 88 valence electrons.